The van der Waals surface area contributed by atoms with Crippen LogP contribution in [0.15, 0.2) is 40.6 Å². The van der Waals surface area contributed by atoms with Crippen LogP contribution in [0.5, 0.6) is 0 Å². The van der Waals surface area contributed by atoms with E-state index in [0.29, 0.717) is 10.6 Å². The van der Waals surface area contributed by atoms with Gasteiger partial charge in [-0.15, -0.1) is 11.3 Å². The second-order valence-electron chi connectivity index (χ2n) is 4.32. The molecule has 102 valence electrons. The molecule has 1 aromatic heterocycles. The molecular weight excluding hydrogens is 302 g/mol. The summed E-state index contributed by atoms with van der Waals surface area (Å²) in [6.07, 6.45) is 1.21. The van der Waals surface area contributed by atoms with Crippen molar-refractivity contribution in [1.29, 1.82) is 0 Å². The molecule has 0 bridgehead atoms. The van der Waals surface area contributed by atoms with Crippen LogP contribution >= 0.6 is 22.9 Å². The predicted octanol–water partition coefficient (Wildman–Crippen LogP) is 3.98. The van der Waals surface area contributed by atoms with Crippen molar-refractivity contribution < 1.29 is 8.42 Å². The average Bonchev–Trinajstić information content (AvgIpc) is 2.75. The Hall–Kier alpha value is -1.04. The number of anilines is 1. The fraction of sp³-hybridized carbons (Fsp3) is 0.231. The Balaban J connectivity index is 2.29. The molecule has 0 saturated heterocycles. The van der Waals surface area contributed by atoms with Gasteiger partial charge < -0.3 is 5.32 Å². The van der Waals surface area contributed by atoms with Gasteiger partial charge in [0, 0.05) is 12.3 Å². The molecule has 0 amide bonds. The first-order chi connectivity index (χ1) is 8.88. The summed E-state index contributed by atoms with van der Waals surface area (Å²) in [6, 6.07) is 8.77. The van der Waals surface area contributed by atoms with Gasteiger partial charge in [-0.05, 0) is 36.1 Å². The molecule has 1 N–H and O–H groups in total. The van der Waals surface area contributed by atoms with Gasteiger partial charge in [-0.25, -0.2) is 8.42 Å². The summed E-state index contributed by atoms with van der Waals surface area (Å²) in [5.74, 6) is 0. The second kappa shape index (κ2) is 5.53. The third-order valence-electron chi connectivity index (χ3n) is 2.75. The van der Waals surface area contributed by atoms with Crippen LogP contribution in [0.2, 0.25) is 4.34 Å². The van der Waals surface area contributed by atoms with Crippen molar-refractivity contribution in [1.82, 2.24) is 0 Å². The van der Waals surface area contributed by atoms with Crippen LogP contribution in [0.1, 0.15) is 18.5 Å². The SMILES string of the molecule is CC(Nc1ccccc1S(C)(=O)=O)c1csc(Cl)c1. The summed E-state index contributed by atoms with van der Waals surface area (Å²) in [4.78, 5) is 0.308. The van der Waals surface area contributed by atoms with Crippen LogP contribution in [-0.2, 0) is 9.84 Å². The molecule has 0 saturated carbocycles. The Morgan fingerprint density at radius 2 is 2.00 bits per heavy atom. The maximum atomic E-state index is 11.7. The molecule has 0 aliphatic rings. The lowest BCUT2D eigenvalue weighted by atomic mass is 10.1. The van der Waals surface area contributed by atoms with E-state index in [2.05, 4.69) is 5.32 Å². The lowest BCUT2D eigenvalue weighted by Gasteiger charge is -2.16. The normalized spacial score (nSPS) is 13.2. The number of para-hydroxylation sites is 1. The number of hydrogen-bond donors (Lipinski definition) is 1. The summed E-state index contributed by atoms with van der Waals surface area (Å²) in [7, 11) is -3.24. The van der Waals surface area contributed by atoms with Crippen molar-refractivity contribution in [2.75, 3.05) is 11.6 Å². The zero-order valence-corrected chi connectivity index (χ0v) is 12.9. The number of rotatable bonds is 4. The molecule has 6 heteroatoms. The van der Waals surface area contributed by atoms with Gasteiger partial charge in [0.05, 0.1) is 14.9 Å². The number of halogens is 1. The highest BCUT2D eigenvalue weighted by Crippen LogP contribution is 2.29. The van der Waals surface area contributed by atoms with E-state index < -0.39 is 9.84 Å². The van der Waals surface area contributed by atoms with Crippen molar-refractivity contribution in [2.24, 2.45) is 0 Å². The van der Waals surface area contributed by atoms with Gasteiger partial charge in [0.1, 0.15) is 0 Å². The highest BCUT2D eigenvalue weighted by molar-refractivity contribution is 7.90. The summed E-state index contributed by atoms with van der Waals surface area (Å²) in [5.41, 5.74) is 1.65. The summed E-state index contributed by atoms with van der Waals surface area (Å²) < 4.78 is 24.2. The first-order valence-corrected chi connectivity index (χ1v) is 8.82. The van der Waals surface area contributed by atoms with Crippen LogP contribution in [-0.4, -0.2) is 14.7 Å². The molecular formula is C13H14ClNO2S2. The van der Waals surface area contributed by atoms with Gasteiger partial charge >= 0.3 is 0 Å². The highest BCUT2D eigenvalue weighted by Gasteiger charge is 2.15. The van der Waals surface area contributed by atoms with Crippen molar-refractivity contribution in [3.8, 4) is 0 Å². The van der Waals surface area contributed by atoms with E-state index in [1.54, 1.807) is 18.2 Å². The molecule has 0 spiro atoms. The van der Waals surface area contributed by atoms with Gasteiger partial charge in [0.15, 0.2) is 9.84 Å². The van der Waals surface area contributed by atoms with Gasteiger partial charge in [-0.2, -0.15) is 0 Å². The average molecular weight is 316 g/mol. The largest absolute Gasteiger partial charge is 0.377 e. The smallest absolute Gasteiger partial charge is 0.177 e. The van der Waals surface area contributed by atoms with Gasteiger partial charge in [-0.1, -0.05) is 23.7 Å². The van der Waals surface area contributed by atoms with Crippen molar-refractivity contribution in [3.63, 3.8) is 0 Å². The first kappa shape index (κ1) is 14.4. The molecule has 0 radical (unpaired) electrons. The van der Waals surface area contributed by atoms with Crippen LogP contribution in [0.3, 0.4) is 0 Å². The van der Waals surface area contributed by atoms with Gasteiger partial charge in [0.25, 0.3) is 0 Å². The van der Waals surface area contributed by atoms with Gasteiger partial charge in [-0.3, -0.25) is 0 Å². The third kappa shape index (κ3) is 3.49. The fourth-order valence-electron chi connectivity index (χ4n) is 1.78. The Morgan fingerprint density at radius 3 is 2.58 bits per heavy atom. The standard InChI is InChI=1S/C13H14ClNO2S2/c1-9(10-7-13(14)18-8-10)15-11-5-3-4-6-12(11)19(2,16)17/h3-9,15H,1-2H3. The molecule has 19 heavy (non-hydrogen) atoms. The van der Waals surface area contributed by atoms with E-state index in [4.69, 9.17) is 11.6 Å². The molecule has 2 aromatic rings. The quantitative estimate of drug-likeness (QED) is 0.928. The summed E-state index contributed by atoms with van der Waals surface area (Å²) in [5, 5.41) is 5.18. The maximum Gasteiger partial charge on any atom is 0.177 e. The molecule has 0 aliphatic carbocycles. The van der Waals surface area contributed by atoms with Crippen molar-refractivity contribution in [2.45, 2.75) is 17.9 Å². The number of thiophene rings is 1. The third-order valence-corrected chi connectivity index (χ3v) is 5.01. The minimum Gasteiger partial charge on any atom is -0.377 e. The highest BCUT2D eigenvalue weighted by atomic mass is 35.5. The van der Waals surface area contributed by atoms with E-state index in [9.17, 15) is 8.42 Å². The maximum absolute atomic E-state index is 11.7. The van der Waals surface area contributed by atoms with E-state index in [0.717, 1.165) is 9.90 Å². The molecule has 0 fully saturated rings. The number of sulfone groups is 1. The number of nitrogens with one attached hydrogen (secondary N) is 1. The minimum atomic E-state index is -3.24. The molecule has 3 nitrogen and oxygen atoms in total. The Morgan fingerprint density at radius 1 is 1.32 bits per heavy atom. The second-order valence-corrected chi connectivity index (χ2v) is 7.85. The predicted molar refractivity (Wildman–Crippen MR) is 80.9 cm³/mol. The fourth-order valence-corrected chi connectivity index (χ4v) is 3.61. The topological polar surface area (TPSA) is 46.2 Å². The zero-order valence-electron chi connectivity index (χ0n) is 10.6. The van der Waals surface area contributed by atoms with Crippen LogP contribution < -0.4 is 5.32 Å². The molecule has 1 unspecified atom stereocenters. The van der Waals surface area contributed by atoms with Crippen molar-refractivity contribution in [3.05, 3.63) is 45.6 Å². The lowest BCUT2D eigenvalue weighted by molar-refractivity contribution is 0.602. The summed E-state index contributed by atoms with van der Waals surface area (Å²) >= 11 is 7.37. The Kier molecular flexibility index (Phi) is 4.18. The Labute approximate surface area is 122 Å². The molecule has 1 atom stereocenters. The molecule has 0 aliphatic heterocycles. The number of hydrogen-bond acceptors (Lipinski definition) is 4. The van der Waals surface area contributed by atoms with E-state index in [1.165, 1.54) is 17.6 Å². The first-order valence-electron chi connectivity index (χ1n) is 5.67. The van der Waals surface area contributed by atoms with E-state index >= 15 is 0 Å². The van der Waals surface area contributed by atoms with Crippen LogP contribution in [0, 0.1) is 0 Å². The van der Waals surface area contributed by atoms with Crippen molar-refractivity contribution >= 4 is 38.5 Å². The van der Waals surface area contributed by atoms with Crippen LogP contribution in [0.25, 0.3) is 0 Å². The zero-order chi connectivity index (χ0) is 14.0. The molecule has 2 rings (SSSR count). The summed E-state index contributed by atoms with van der Waals surface area (Å²) in [6.45, 7) is 1.97. The van der Waals surface area contributed by atoms with E-state index in [1.807, 2.05) is 24.4 Å². The van der Waals surface area contributed by atoms with Crippen LogP contribution in [0.4, 0.5) is 5.69 Å². The van der Waals surface area contributed by atoms with E-state index in [-0.39, 0.29) is 6.04 Å². The monoisotopic (exact) mass is 315 g/mol. The minimum absolute atomic E-state index is 0.00773. The molecule has 1 heterocycles. The van der Waals surface area contributed by atoms with Gasteiger partial charge in [0.2, 0.25) is 0 Å². The number of benzene rings is 1. The Bertz CT molecular complexity index is 679. The molecule has 1 aromatic carbocycles. The lowest BCUT2D eigenvalue weighted by Crippen LogP contribution is -2.09.